The van der Waals surface area contributed by atoms with Gasteiger partial charge in [-0.25, -0.2) is 4.98 Å². The molecule has 4 rings (SSSR count). The van der Waals surface area contributed by atoms with Crippen LogP contribution >= 0.6 is 0 Å². The molecule has 0 bridgehead atoms. The van der Waals surface area contributed by atoms with E-state index >= 15 is 0 Å². The van der Waals surface area contributed by atoms with Gasteiger partial charge in [-0.2, -0.15) is 10.3 Å². The molecule has 2 heterocycles. The molecule has 0 aliphatic heterocycles. The number of aromatic amines is 1. The summed E-state index contributed by atoms with van der Waals surface area (Å²) in [5.41, 5.74) is 8.08. The summed E-state index contributed by atoms with van der Waals surface area (Å²) in [6, 6.07) is 22.9. The van der Waals surface area contributed by atoms with Gasteiger partial charge in [0, 0.05) is 5.56 Å². The number of nitrogen functional groups attached to an aromatic ring is 1. The van der Waals surface area contributed by atoms with Crippen molar-refractivity contribution in [1.82, 2.24) is 20.4 Å². The van der Waals surface area contributed by atoms with Crippen LogP contribution in [0.5, 0.6) is 0 Å². The first kappa shape index (κ1) is 19.3. The number of hydrogen-bond acceptors (Lipinski definition) is 5. The summed E-state index contributed by atoms with van der Waals surface area (Å²) < 4.78 is 6.96. The van der Waals surface area contributed by atoms with E-state index in [1.807, 2.05) is 18.2 Å². The molecular weight excluding hydrogens is 378 g/mol. The van der Waals surface area contributed by atoms with Gasteiger partial charge in [-0.15, -0.1) is 5.10 Å². The van der Waals surface area contributed by atoms with E-state index in [0.717, 1.165) is 5.56 Å². The van der Waals surface area contributed by atoms with Crippen molar-refractivity contribution in [2.45, 2.75) is 32.4 Å². The van der Waals surface area contributed by atoms with Crippen molar-refractivity contribution in [3.8, 4) is 0 Å². The molecule has 0 aliphatic rings. The molecule has 0 saturated heterocycles. The zero-order valence-electron chi connectivity index (χ0n) is 16.9. The molecular formula is C22H25N5OSi. The summed E-state index contributed by atoms with van der Waals surface area (Å²) in [4.78, 5) is 4.23. The van der Waals surface area contributed by atoms with E-state index in [1.54, 1.807) is 0 Å². The number of nitrogens with two attached hydrogens (primary N) is 1. The Labute approximate surface area is 171 Å². The highest BCUT2D eigenvalue weighted by atomic mass is 28.4. The van der Waals surface area contributed by atoms with Crippen molar-refractivity contribution in [2.75, 3.05) is 5.73 Å². The molecule has 148 valence electrons. The average molecular weight is 404 g/mol. The van der Waals surface area contributed by atoms with E-state index in [0.29, 0.717) is 23.6 Å². The van der Waals surface area contributed by atoms with E-state index in [-0.39, 0.29) is 5.04 Å². The largest absolute Gasteiger partial charge is 0.403 e. The van der Waals surface area contributed by atoms with Crippen LogP contribution in [0.2, 0.25) is 5.04 Å². The third-order valence-electron chi connectivity index (χ3n) is 5.25. The Bertz CT molecular complexity index is 1070. The fraction of sp³-hybridized carbons (Fsp3) is 0.227. The number of benzene rings is 2. The quantitative estimate of drug-likeness (QED) is 0.500. The van der Waals surface area contributed by atoms with E-state index in [4.69, 9.17) is 10.2 Å². The zero-order valence-corrected chi connectivity index (χ0v) is 17.9. The Morgan fingerprint density at radius 3 is 2.07 bits per heavy atom. The van der Waals surface area contributed by atoms with Crippen LogP contribution in [-0.4, -0.2) is 28.7 Å². The van der Waals surface area contributed by atoms with Crippen LogP contribution < -0.4 is 16.1 Å². The third kappa shape index (κ3) is 3.43. The van der Waals surface area contributed by atoms with Crippen molar-refractivity contribution in [2.24, 2.45) is 0 Å². The highest BCUT2D eigenvalue weighted by molar-refractivity contribution is 6.99. The molecule has 0 atom stereocenters. The average Bonchev–Trinajstić information content (AvgIpc) is 3.17. The molecule has 0 fully saturated rings. The molecule has 3 N–H and O–H groups in total. The number of H-pyrrole nitrogens is 1. The lowest BCUT2D eigenvalue weighted by molar-refractivity contribution is 0.287. The first-order valence-electron chi connectivity index (χ1n) is 9.63. The van der Waals surface area contributed by atoms with Crippen molar-refractivity contribution in [3.05, 3.63) is 72.3 Å². The predicted molar refractivity (Wildman–Crippen MR) is 119 cm³/mol. The Hall–Kier alpha value is -3.03. The fourth-order valence-corrected chi connectivity index (χ4v) is 8.51. The van der Waals surface area contributed by atoms with Gasteiger partial charge in [-0.1, -0.05) is 81.4 Å². The second kappa shape index (κ2) is 7.42. The van der Waals surface area contributed by atoms with Crippen molar-refractivity contribution < 1.29 is 4.43 Å². The molecule has 0 amide bonds. The van der Waals surface area contributed by atoms with Crippen molar-refractivity contribution >= 4 is 35.7 Å². The van der Waals surface area contributed by atoms with Gasteiger partial charge in [-0.3, -0.25) is 0 Å². The lowest BCUT2D eigenvalue weighted by Crippen LogP contribution is -2.66. The molecule has 0 radical (unpaired) electrons. The molecule has 29 heavy (non-hydrogen) atoms. The summed E-state index contributed by atoms with van der Waals surface area (Å²) in [5.74, 6) is 0.410. The zero-order chi connectivity index (χ0) is 20.5. The highest BCUT2D eigenvalue weighted by Crippen LogP contribution is 2.37. The fourth-order valence-electron chi connectivity index (χ4n) is 3.98. The van der Waals surface area contributed by atoms with Gasteiger partial charge >= 0.3 is 0 Å². The van der Waals surface area contributed by atoms with Crippen LogP contribution in [0.25, 0.3) is 11.2 Å². The predicted octanol–water partition coefficient (Wildman–Crippen LogP) is 3.01. The number of rotatable bonds is 5. The minimum absolute atomic E-state index is 0.1000. The van der Waals surface area contributed by atoms with Gasteiger partial charge in [0.1, 0.15) is 11.3 Å². The molecule has 0 unspecified atom stereocenters. The van der Waals surface area contributed by atoms with Crippen LogP contribution in [0.1, 0.15) is 26.3 Å². The number of anilines is 1. The maximum atomic E-state index is 6.96. The summed E-state index contributed by atoms with van der Waals surface area (Å²) >= 11 is 0. The maximum Gasteiger partial charge on any atom is 0.261 e. The Morgan fingerprint density at radius 1 is 0.931 bits per heavy atom. The highest BCUT2D eigenvalue weighted by Gasteiger charge is 2.50. The molecule has 7 heteroatoms. The lowest BCUT2D eigenvalue weighted by atomic mass is 10.2. The first-order valence-corrected chi connectivity index (χ1v) is 11.5. The standard InChI is InChI=1S/C22H25N5OSi/c1-22(2,3)29(17-10-6-4-7-11-17,18-12-8-5-9-13-18)28-15-16-14-19(23)24-21-20(16)25-27-26-21/h4-14H,15H2,1-3H3,(H3,23,24,25,26,27). The van der Waals surface area contributed by atoms with E-state index in [1.165, 1.54) is 10.4 Å². The van der Waals surface area contributed by atoms with Crippen LogP contribution in [0, 0.1) is 0 Å². The van der Waals surface area contributed by atoms with Crippen LogP contribution in [0.3, 0.4) is 0 Å². The molecule has 2 aromatic heterocycles. The van der Waals surface area contributed by atoms with Crippen LogP contribution in [-0.2, 0) is 11.0 Å². The van der Waals surface area contributed by atoms with Crippen LogP contribution in [0.4, 0.5) is 5.82 Å². The van der Waals surface area contributed by atoms with E-state index < -0.39 is 8.32 Å². The second-order valence-electron chi connectivity index (χ2n) is 8.15. The second-order valence-corrected chi connectivity index (χ2v) is 12.5. The molecule has 2 aromatic carbocycles. The minimum Gasteiger partial charge on any atom is -0.403 e. The van der Waals surface area contributed by atoms with Crippen molar-refractivity contribution in [1.29, 1.82) is 0 Å². The number of nitrogens with one attached hydrogen (secondary N) is 1. The monoisotopic (exact) mass is 403 g/mol. The summed E-state index contributed by atoms with van der Waals surface area (Å²) in [6.07, 6.45) is 0. The number of pyridine rings is 1. The molecule has 4 aromatic rings. The lowest BCUT2D eigenvalue weighted by Gasteiger charge is -2.43. The van der Waals surface area contributed by atoms with E-state index in [2.05, 4.69) is 89.7 Å². The van der Waals surface area contributed by atoms with Crippen LogP contribution in [0.15, 0.2) is 66.7 Å². The number of aromatic nitrogens is 4. The molecule has 6 nitrogen and oxygen atoms in total. The topological polar surface area (TPSA) is 89.7 Å². The number of nitrogens with zero attached hydrogens (tertiary/aromatic N) is 3. The molecule has 0 spiro atoms. The Morgan fingerprint density at radius 2 is 1.52 bits per heavy atom. The van der Waals surface area contributed by atoms with Gasteiger partial charge in [-0.05, 0) is 21.5 Å². The molecule has 0 saturated carbocycles. The third-order valence-corrected chi connectivity index (χ3v) is 10.2. The number of hydrogen-bond donors (Lipinski definition) is 2. The smallest absolute Gasteiger partial charge is 0.261 e. The van der Waals surface area contributed by atoms with Gasteiger partial charge < -0.3 is 10.2 Å². The van der Waals surface area contributed by atoms with Gasteiger partial charge in [0.05, 0.1) is 6.61 Å². The molecule has 0 aliphatic carbocycles. The Balaban J connectivity index is 1.85. The van der Waals surface area contributed by atoms with E-state index in [9.17, 15) is 0 Å². The van der Waals surface area contributed by atoms with Crippen molar-refractivity contribution in [3.63, 3.8) is 0 Å². The summed E-state index contributed by atoms with van der Waals surface area (Å²) in [5, 5.41) is 13.3. The van der Waals surface area contributed by atoms with Gasteiger partial charge in [0.15, 0.2) is 0 Å². The minimum atomic E-state index is -2.64. The summed E-state index contributed by atoms with van der Waals surface area (Å²) in [7, 11) is -2.64. The number of fused-ring (bicyclic) bond motifs is 1. The SMILES string of the molecule is CC(C)(C)[Si](OCc1cc(N)nc2n[nH]nc12)(c1ccccc1)c1ccccc1. The van der Waals surface area contributed by atoms with Gasteiger partial charge in [0.25, 0.3) is 8.32 Å². The maximum absolute atomic E-state index is 6.96. The van der Waals surface area contributed by atoms with Gasteiger partial charge in [0.2, 0.25) is 5.65 Å². The Kier molecular flexibility index (Phi) is 4.93. The first-order chi connectivity index (χ1) is 13.9. The normalized spacial score (nSPS) is 12.4. The summed E-state index contributed by atoms with van der Waals surface area (Å²) in [6.45, 7) is 7.15.